The molecule has 1 nitrogen and oxygen atoms in total. The number of ketones is 1. The zero-order valence-electron chi connectivity index (χ0n) is 18.0. The molecule has 3 heteroatoms. The molecule has 0 saturated heterocycles. The van der Waals surface area contributed by atoms with Crippen molar-refractivity contribution in [2.75, 3.05) is 0 Å². The maximum Gasteiger partial charge on any atom is 0.163 e. The smallest absolute Gasteiger partial charge is 0.163 e. The van der Waals surface area contributed by atoms with E-state index in [0.29, 0.717) is 6.42 Å². The highest BCUT2D eigenvalue weighted by molar-refractivity contribution is 7.99. The molecule has 0 heterocycles. The number of hydrogen-bond donors (Lipinski definition) is 0. The molecular weight excluding hydrogens is 451 g/mol. The number of halogens is 1. The predicted octanol–water partition coefficient (Wildman–Crippen LogP) is 2.57. The Morgan fingerprint density at radius 2 is 1.20 bits per heavy atom. The summed E-state index contributed by atoms with van der Waals surface area (Å²) in [4.78, 5) is 13.0. The first-order valence-corrected chi connectivity index (χ1v) is 12.0. The summed E-state index contributed by atoms with van der Waals surface area (Å²) in [6.07, 6.45) is 0.585. The van der Waals surface area contributed by atoms with Gasteiger partial charge in [0.15, 0.2) is 5.78 Å². The van der Waals surface area contributed by atoms with Crippen LogP contribution in [0.15, 0.2) is 95.8 Å². The molecule has 0 amide bonds. The van der Waals surface area contributed by atoms with Crippen LogP contribution in [0.3, 0.4) is 0 Å². The Labute approximate surface area is 191 Å². The largest absolute Gasteiger partial charge is 1.00 e. The van der Waals surface area contributed by atoms with Gasteiger partial charge in [-0.25, -0.2) is 0 Å². The quantitative estimate of drug-likeness (QED) is 0.526. The van der Waals surface area contributed by atoms with Crippen molar-refractivity contribution < 1.29 is 21.8 Å². The number of Topliss-reactive ketones (excluding diaryl/α,β-unsaturated/α-hetero) is 1. The number of carbonyl (C=O) groups is 1. The third kappa shape index (κ3) is 3.51. The van der Waals surface area contributed by atoms with Gasteiger partial charge in [0.25, 0.3) is 0 Å². The maximum absolute atomic E-state index is 13.0. The summed E-state index contributed by atoms with van der Waals surface area (Å²) in [6.45, 7) is 8.74. The van der Waals surface area contributed by atoms with E-state index in [2.05, 4.69) is 106 Å². The number of hydrogen-bond acceptors (Lipinski definition) is 1. The van der Waals surface area contributed by atoms with Gasteiger partial charge in [0.2, 0.25) is 0 Å². The van der Waals surface area contributed by atoms with Gasteiger partial charge in [-0.2, -0.15) is 0 Å². The molecule has 3 aromatic rings. The Bertz CT molecular complexity index is 1040. The molecule has 4 rings (SSSR count). The first-order valence-electron chi connectivity index (χ1n) is 10.2. The van der Waals surface area contributed by atoms with Crippen molar-refractivity contribution in [2.24, 2.45) is 5.41 Å². The van der Waals surface area contributed by atoms with Crippen molar-refractivity contribution in [3.8, 4) is 0 Å². The first-order chi connectivity index (χ1) is 13.9. The van der Waals surface area contributed by atoms with Crippen LogP contribution in [0.2, 0.25) is 0 Å². The molecule has 1 aliphatic rings. The lowest BCUT2D eigenvalue weighted by Gasteiger charge is -2.35. The monoisotopic (exact) mass is 478 g/mol. The molecule has 0 spiro atoms. The highest BCUT2D eigenvalue weighted by atomic mass is 79.9. The lowest BCUT2D eigenvalue weighted by Crippen LogP contribution is -3.00. The van der Waals surface area contributed by atoms with E-state index in [0.717, 1.165) is 5.57 Å². The summed E-state index contributed by atoms with van der Waals surface area (Å²) < 4.78 is 0. The van der Waals surface area contributed by atoms with Crippen molar-refractivity contribution in [3.05, 3.63) is 101 Å². The van der Waals surface area contributed by atoms with E-state index in [1.54, 1.807) is 0 Å². The van der Waals surface area contributed by atoms with E-state index >= 15 is 0 Å². The van der Waals surface area contributed by atoms with Gasteiger partial charge in [-0.3, -0.25) is 4.79 Å². The van der Waals surface area contributed by atoms with E-state index in [9.17, 15) is 4.79 Å². The molecule has 0 atom stereocenters. The number of carbonyl (C=O) groups excluding carboxylic acids is 1. The normalized spacial score (nSPS) is 15.8. The minimum Gasteiger partial charge on any atom is -1.00 e. The van der Waals surface area contributed by atoms with Crippen LogP contribution in [-0.2, 0) is 4.79 Å². The van der Waals surface area contributed by atoms with Crippen molar-refractivity contribution in [1.82, 2.24) is 0 Å². The van der Waals surface area contributed by atoms with Gasteiger partial charge in [-0.15, -0.1) is 0 Å². The average molecular weight is 479 g/mol. The molecule has 30 heavy (non-hydrogen) atoms. The fourth-order valence-corrected chi connectivity index (χ4v) is 10.4. The number of benzene rings is 3. The zero-order chi connectivity index (χ0) is 20.6. The highest BCUT2D eigenvalue weighted by Gasteiger charge is 2.59. The van der Waals surface area contributed by atoms with Crippen molar-refractivity contribution >= 4 is 29.0 Å². The second kappa shape index (κ2) is 8.61. The van der Waals surface area contributed by atoms with Gasteiger partial charge in [0.1, 0.15) is 23.2 Å². The second-order valence-electron chi connectivity index (χ2n) is 8.59. The van der Waals surface area contributed by atoms with Gasteiger partial charge in [0.05, 0.1) is 5.31 Å². The molecule has 0 unspecified atom stereocenters. The molecule has 0 bridgehead atoms. The Balaban J connectivity index is 0.00000256. The van der Waals surface area contributed by atoms with Gasteiger partial charge < -0.3 is 17.0 Å². The summed E-state index contributed by atoms with van der Waals surface area (Å²) >= 11 is 0. The average Bonchev–Trinajstić information content (AvgIpc) is 2.93. The van der Waals surface area contributed by atoms with Gasteiger partial charge in [-0.05, 0) is 49.7 Å². The fraction of sp³-hybridized carbons (Fsp3) is 0.222. The maximum atomic E-state index is 13.0. The van der Waals surface area contributed by atoms with E-state index in [1.807, 2.05) is 6.92 Å². The summed E-state index contributed by atoms with van der Waals surface area (Å²) in [6, 6.07) is 30.4. The molecular formula is C27H28BrOP. The number of rotatable bonds is 4. The van der Waals surface area contributed by atoms with E-state index in [-0.39, 0.29) is 28.2 Å². The van der Waals surface area contributed by atoms with E-state index < -0.39 is 7.26 Å². The summed E-state index contributed by atoms with van der Waals surface area (Å²) in [7, 11) is -2.19. The predicted molar refractivity (Wildman–Crippen MR) is 126 cm³/mol. The summed E-state index contributed by atoms with van der Waals surface area (Å²) in [5.41, 5.74) is 2.06. The van der Waals surface area contributed by atoms with Crippen LogP contribution in [0.5, 0.6) is 0 Å². The molecule has 0 fully saturated rings. The van der Waals surface area contributed by atoms with Gasteiger partial charge in [0, 0.05) is 17.4 Å². The van der Waals surface area contributed by atoms with Crippen LogP contribution in [0.1, 0.15) is 32.8 Å². The lowest BCUT2D eigenvalue weighted by molar-refractivity contribution is -0.115. The minimum atomic E-state index is -2.19. The molecule has 0 saturated carbocycles. The highest BCUT2D eigenvalue weighted by Crippen LogP contribution is 2.71. The molecule has 0 N–H and O–H groups in total. The van der Waals surface area contributed by atoms with Crippen LogP contribution < -0.4 is 32.9 Å². The second-order valence-corrected chi connectivity index (χ2v) is 11.9. The first kappa shape index (κ1) is 22.7. The van der Waals surface area contributed by atoms with E-state index in [4.69, 9.17) is 0 Å². The standard InChI is InChI=1S/C27H28OP.BrH/c1-20-13-11-12-18-25(20)29(22-14-7-5-8-15-22,23-16-9-6-10-17-23)26-21(2)24(28)19-27(26,3)4;/h5-18H,19H2,1-4H3;1H/q+1;/p-1. The molecule has 3 aromatic carbocycles. The van der Waals surface area contributed by atoms with Crippen LogP contribution in [-0.4, -0.2) is 5.78 Å². The van der Waals surface area contributed by atoms with Gasteiger partial charge >= 0.3 is 0 Å². The van der Waals surface area contributed by atoms with Gasteiger partial charge in [-0.1, -0.05) is 68.4 Å². The third-order valence-electron chi connectivity index (χ3n) is 6.12. The van der Waals surface area contributed by atoms with Crippen LogP contribution in [0.4, 0.5) is 0 Å². The SMILES string of the molecule is CC1=C([P+](c2ccccc2)(c2ccccc2)c2ccccc2C)C(C)(C)CC1=O.[Br-]. The van der Waals surface area contributed by atoms with Crippen molar-refractivity contribution in [1.29, 1.82) is 0 Å². The Morgan fingerprint density at radius 3 is 1.63 bits per heavy atom. The molecule has 1 aliphatic carbocycles. The summed E-state index contributed by atoms with van der Waals surface area (Å²) in [5.74, 6) is 0.287. The molecule has 0 aromatic heterocycles. The fourth-order valence-electron chi connectivity index (χ4n) is 5.01. The Hall–Kier alpha value is -2.02. The number of allylic oxidation sites excluding steroid dienone is 2. The van der Waals surface area contributed by atoms with Crippen LogP contribution >= 0.6 is 7.26 Å². The zero-order valence-corrected chi connectivity index (χ0v) is 20.5. The Kier molecular flexibility index (Phi) is 6.51. The minimum absolute atomic E-state index is 0. The van der Waals surface area contributed by atoms with Crippen LogP contribution in [0, 0.1) is 12.3 Å². The van der Waals surface area contributed by atoms with E-state index in [1.165, 1.54) is 26.8 Å². The molecule has 0 aliphatic heterocycles. The molecule has 0 radical (unpaired) electrons. The lowest BCUT2D eigenvalue weighted by atomic mass is 9.93. The summed E-state index contributed by atoms with van der Waals surface area (Å²) in [5, 5.41) is 5.33. The van der Waals surface area contributed by atoms with Crippen molar-refractivity contribution in [2.45, 2.75) is 34.1 Å². The third-order valence-corrected chi connectivity index (χ3v) is 11.1. The topological polar surface area (TPSA) is 17.1 Å². The van der Waals surface area contributed by atoms with Crippen molar-refractivity contribution in [3.63, 3.8) is 0 Å². The number of aryl methyl sites for hydroxylation is 1. The van der Waals surface area contributed by atoms with Crippen LogP contribution in [0.25, 0.3) is 0 Å². The molecule has 154 valence electrons. The Morgan fingerprint density at radius 1 is 0.733 bits per heavy atom.